The molecule has 0 saturated carbocycles. The summed E-state index contributed by atoms with van der Waals surface area (Å²) in [5.74, 6) is 2.05. The maximum absolute atomic E-state index is 5.19. The van der Waals surface area contributed by atoms with E-state index in [1.54, 1.807) is 7.11 Å². The van der Waals surface area contributed by atoms with Crippen LogP contribution in [0.15, 0.2) is 35.3 Å². The number of nitrogens with zero attached hydrogens (tertiary/aromatic N) is 2. The molecule has 2 unspecified atom stereocenters. The molecule has 0 aromatic heterocycles. The Morgan fingerprint density at radius 2 is 1.89 bits per heavy atom. The van der Waals surface area contributed by atoms with E-state index < -0.39 is 0 Å². The van der Waals surface area contributed by atoms with Crippen LogP contribution >= 0.6 is 24.0 Å². The molecule has 1 aliphatic heterocycles. The van der Waals surface area contributed by atoms with Crippen LogP contribution in [0.1, 0.15) is 45.1 Å². The van der Waals surface area contributed by atoms with Gasteiger partial charge in [-0.05, 0) is 51.3 Å². The molecule has 0 radical (unpaired) electrons. The van der Waals surface area contributed by atoms with E-state index in [0.29, 0.717) is 17.9 Å². The summed E-state index contributed by atoms with van der Waals surface area (Å²) >= 11 is 0. The smallest absolute Gasteiger partial charge is 0.191 e. The lowest BCUT2D eigenvalue weighted by Crippen LogP contribution is -2.44. The molecule has 1 saturated heterocycles. The summed E-state index contributed by atoms with van der Waals surface area (Å²) in [6.07, 6.45) is 2.45. The molecule has 2 N–H and O–H groups in total. The van der Waals surface area contributed by atoms with Crippen LogP contribution in [0.4, 0.5) is 0 Å². The van der Waals surface area contributed by atoms with Gasteiger partial charge < -0.3 is 20.3 Å². The third kappa shape index (κ3) is 8.66. The number of hydrogen-bond acceptors (Lipinski definition) is 3. The molecule has 1 fully saturated rings. The van der Waals surface area contributed by atoms with Gasteiger partial charge in [-0.25, -0.2) is 0 Å². The average Bonchev–Trinajstić information content (AvgIpc) is 2.71. The first-order valence-corrected chi connectivity index (χ1v) is 10.4. The minimum Gasteiger partial charge on any atom is -0.383 e. The fourth-order valence-corrected chi connectivity index (χ4v) is 3.54. The van der Waals surface area contributed by atoms with Crippen LogP contribution in [0.2, 0.25) is 0 Å². The maximum atomic E-state index is 5.19. The van der Waals surface area contributed by atoms with E-state index >= 15 is 0 Å². The van der Waals surface area contributed by atoms with Gasteiger partial charge in [-0.3, -0.25) is 4.99 Å². The lowest BCUT2D eigenvalue weighted by Gasteiger charge is -2.31. The number of aliphatic imine (C=N–C) groups is 1. The Labute approximate surface area is 188 Å². The zero-order valence-electron chi connectivity index (χ0n) is 18.0. The Bertz CT molecular complexity index is 547. The molecule has 2 rings (SSSR count). The molecule has 6 heteroatoms. The summed E-state index contributed by atoms with van der Waals surface area (Å²) in [5, 5.41) is 7.01. The van der Waals surface area contributed by atoms with Crippen molar-refractivity contribution in [1.29, 1.82) is 0 Å². The quantitative estimate of drug-likeness (QED) is 0.307. The van der Waals surface area contributed by atoms with E-state index in [9.17, 15) is 0 Å². The highest BCUT2D eigenvalue weighted by molar-refractivity contribution is 14.0. The van der Waals surface area contributed by atoms with E-state index in [1.165, 1.54) is 18.4 Å². The third-order valence-corrected chi connectivity index (χ3v) is 5.61. The number of methoxy groups -OCH3 is 1. The normalized spacial score (nSPS) is 18.2. The second kappa shape index (κ2) is 14.2. The van der Waals surface area contributed by atoms with Gasteiger partial charge in [-0.2, -0.15) is 0 Å². The molecular weight excluding hydrogens is 463 g/mol. The summed E-state index contributed by atoms with van der Waals surface area (Å²) in [7, 11) is 1.77. The lowest BCUT2D eigenvalue weighted by atomic mass is 9.94. The molecule has 0 spiro atoms. The number of likely N-dealkylation sites (tertiary alicyclic amines) is 1. The Morgan fingerprint density at radius 3 is 2.50 bits per heavy atom. The molecule has 1 heterocycles. The van der Waals surface area contributed by atoms with Gasteiger partial charge in [0.2, 0.25) is 0 Å². The van der Waals surface area contributed by atoms with Crippen molar-refractivity contribution in [3.63, 3.8) is 0 Å². The average molecular weight is 502 g/mol. The maximum Gasteiger partial charge on any atom is 0.191 e. The van der Waals surface area contributed by atoms with Crippen molar-refractivity contribution in [3.05, 3.63) is 35.9 Å². The second-order valence-corrected chi connectivity index (χ2v) is 7.63. The number of benzene rings is 1. The largest absolute Gasteiger partial charge is 0.383 e. The predicted molar refractivity (Wildman–Crippen MR) is 130 cm³/mol. The highest BCUT2D eigenvalue weighted by Crippen LogP contribution is 2.19. The topological polar surface area (TPSA) is 48.9 Å². The van der Waals surface area contributed by atoms with Crippen LogP contribution in [0.25, 0.3) is 0 Å². The molecule has 0 aliphatic carbocycles. The summed E-state index contributed by atoms with van der Waals surface area (Å²) in [6, 6.07) is 11.0. The van der Waals surface area contributed by atoms with Crippen LogP contribution < -0.4 is 10.6 Å². The van der Waals surface area contributed by atoms with Crippen molar-refractivity contribution in [2.75, 3.05) is 46.4 Å². The molecule has 28 heavy (non-hydrogen) atoms. The van der Waals surface area contributed by atoms with E-state index in [-0.39, 0.29) is 24.0 Å². The summed E-state index contributed by atoms with van der Waals surface area (Å²) < 4.78 is 5.19. The van der Waals surface area contributed by atoms with Crippen molar-refractivity contribution in [2.45, 2.75) is 45.6 Å². The van der Waals surface area contributed by atoms with Gasteiger partial charge in [0.1, 0.15) is 0 Å². The summed E-state index contributed by atoms with van der Waals surface area (Å²) in [4.78, 5) is 7.39. The molecule has 160 valence electrons. The zero-order valence-corrected chi connectivity index (χ0v) is 20.3. The van der Waals surface area contributed by atoms with Crippen molar-refractivity contribution < 1.29 is 4.74 Å². The number of hydrogen-bond donors (Lipinski definition) is 2. The van der Waals surface area contributed by atoms with Crippen molar-refractivity contribution in [1.82, 2.24) is 15.5 Å². The number of piperidine rings is 1. The number of guanidine groups is 1. The first-order chi connectivity index (χ1) is 13.1. The Morgan fingerprint density at radius 1 is 1.21 bits per heavy atom. The van der Waals surface area contributed by atoms with E-state index in [2.05, 4.69) is 66.6 Å². The highest BCUT2D eigenvalue weighted by Gasteiger charge is 2.19. The van der Waals surface area contributed by atoms with Crippen molar-refractivity contribution in [3.8, 4) is 0 Å². The van der Waals surface area contributed by atoms with Crippen LogP contribution in [-0.4, -0.2) is 63.3 Å². The minimum absolute atomic E-state index is 0. The standard InChI is InChI=1S/C22H38N4O.HI/c1-5-23-22(25-19(3)18(2)21-9-7-6-8-10-21)24-17-20-11-13-26(14-12-20)15-16-27-4;/h6-10,18-20H,5,11-17H2,1-4H3,(H2,23,24,25);1H. The highest BCUT2D eigenvalue weighted by atomic mass is 127. The summed E-state index contributed by atoms with van der Waals surface area (Å²) in [6.45, 7) is 12.6. The molecule has 2 atom stereocenters. The number of halogens is 1. The fourth-order valence-electron chi connectivity index (χ4n) is 3.54. The molecule has 1 aromatic carbocycles. The van der Waals surface area contributed by atoms with Gasteiger partial charge in [0.15, 0.2) is 5.96 Å². The van der Waals surface area contributed by atoms with Gasteiger partial charge in [0.05, 0.1) is 6.61 Å². The minimum atomic E-state index is 0. The Kier molecular flexibility index (Phi) is 12.7. The van der Waals surface area contributed by atoms with Crippen LogP contribution in [0.3, 0.4) is 0 Å². The van der Waals surface area contributed by atoms with Crippen LogP contribution in [0.5, 0.6) is 0 Å². The SMILES string of the molecule is CCNC(=NCC1CCN(CCOC)CC1)NC(C)C(C)c1ccccc1.I. The molecular formula is C22H39IN4O. The molecule has 5 nitrogen and oxygen atoms in total. The van der Waals surface area contributed by atoms with E-state index in [4.69, 9.17) is 9.73 Å². The molecule has 0 amide bonds. The number of rotatable bonds is 9. The monoisotopic (exact) mass is 502 g/mol. The van der Waals surface area contributed by atoms with Crippen LogP contribution in [-0.2, 0) is 4.74 Å². The van der Waals surface area contributed by atoms with Gasteiger partial charge in [-0.15, -0.1) is 24.0 Å². The van der Waals surface area contributed by atoms with Gasteiger partial charge in [-0.1, -0.05) is 37.3 Å². The predicted octanol–water partition coefficient (Wildman–Crippen LogP) is 3.71. The van der Waals surface area contributed by atoms with Gasteiger partial charge >= 0.3 is 0 Å². The molecule has 1 aliphatic rings. The first kappa shape index (κ1) is 25.2. The first-order valence-electron chi connectivity index (χ1n) is 10.4. The molecule has 1 aromatic rings. The number of nitrogens with one attached hydrogen (secondary N) is 2. The second-order valence-electron chi connectivity index (χ2n) is 7.63. The zero-order chi connectivity index (χ0) is 19.5. The lowest BCUT2D eigenvalue weighted by molar-refractivity contribution is 0.121. The van der Waals surface area contributed by atoms with Crippen LogP contribution in [0, 0.1) is 5.92 Å². The van der Waals surface area contributed by atoms with Gasteiger partial charge in [0, 0.05) is 38.7 Å². The Hall–Kier alpha value is -0.860. The van der Waals surface area contributed by atoms with E-state index in [0.717, 1.165) is 45.3 Å². The Balaban J connectivity index is 0.00000392. The van der Waals surface area contributed by atoms with Crippen molar-refractivity contribution >= 4 is 29.9 Å². The molecule has 0 bridgehead atoms. The fraction of sp³-hybridized carbons (Fsp3) is 0.682. The number of ether oxygens (including phenoxy) is 1. The van der Waals surface area contributed by atoms with E-state index in [1.807, 2.05) is 0 Å². The summed E-state index contributed by atoms with van der Waals surface area (Å²) in [5.41, 5.74) is 1.36. The third-order valence-electron chi connectivity index (χ3n) is 5.61. The van der Waals surface area contributed by atoms with Crippen molar-refractivity contribution in [2.24, 2.45) is 10.9 Å². The van der Waals surface area contributed by atoms with Gasteiger partial charge in [0.25, 0.3) is 0 Å².